The minimum Gasteiger partial charge on any atom is -0.352 e. The van der Waals surface area contributed by atoms with E-state index in [1.165, 1.54) is 18.2 Å². The Morgan fingerprint density at radius 2 is 1.72 bits per heavy atom. The quantitative estimate of drug-likeness (QED) is 0.463. The molecule has 0 atom stereocenters. The van der Waals surface area contributed by atoms with Crippen LogP contribution >= 0.6 is 0 Å². The highest BCUT2D eigenvalue weighted by Crippen LogP contribution is 2.18. The summed E-state index contributed by atoms with van der Waals surface area (Å²) in [6, 6.07) is 15.8. The number of nitro benzene ring substituents is 1. The van der Waals surface area contributed by atoms with Gasteiger partial charge < -0.3 is 10.2 Å². The number of benzene rings is 2. The van der Waals surface area contributed by atoms with Crippen molar-refractivity contribution in [1.82, 2.24) is 10.2 Å². The third-order valence-electron chi connectivity index (χ3n) is 5.01. The van der Waals surface area contributed by atoms with Crippen molar-refractivity contribution in [2.75, 3.05) is 13.1 Å². The van der Waals surface area contributed by atoms with Crippen LogP contribution < -0.4 is 5.32 Å². The topological polar surface area (TPSA) is 92.6 Å². The summed E-state index contributed by atoms with van der Waals surface area (Å²) in [5.74, 6) is -0.171. The minimum atomic E-state index is -0.460. The maximum absolute atomic E-state index is 12.4. The summed E-state index contributed by atoms with van der Waals surface area (Å²) < 4.78 is 0. The number of hydrogen-bond acceptors (Lipinski definition) is 4. The van der Waals surface area contributed by atoms with E-state index in [1.54, 1.807) is 23.1 Å². The number of likely N-dealkylation sites (tertiary alicyclic amines) is 1. The lowest BCUT2D eigenvalue weighted by Crippen LogP contribution is -2.42. The summed E-state index contributed by atoms with van der Waals surface area (Å²) in [7, 11) is 0. The molecule has 0 spiro atoms. The van der Waals surface area contributed by atoms with Crippen molar-refractivity contribution in [3.8, 4) is 0 Å². The third-order valence-corrected chi connectivity index (χ3v) is 5.01. The van der Waals surface area contributed by atoms with Gasteiger partial charge in [-0.25, -0.2) is 0 Å². The third kappa shape index (κ3) is 5.75. The zero-order chi connectivity index (χ0) is 20.6. The van der Waals surface area contributed by atoms with Crippen molar-refractivity contribution in [1.29, 1.82) is 0 Å². The molecule has 1 aliphatic heterocycles. The van der Waals surface area contributed by atoms with Crippen LogP contribution in [0.25, 0.3) is 6.08 Å². The molecule has 7 heteroatoms. The Balaban J connectivity index is 1.45. The van der Waals surface area contributed by atoms with Gasteiger partial charge in [0.1, 0.15) is 0 Å². The van der Waals surface area contributed by atoms with E-state index in [1.807, 2.05) is 30.3 Å². The highest BCUT2D eigenvalue weighted by Gasteiger charge is 2.26. The number of hydrogen-bond donors (Lipinski definition) is 1. The number of carbonyl (C=O) groups excluding carboxylic acids is 2. The van der Waals surface area contributed by atoms with Crippen LogP contribution in [0.15, 0.2) is 60.7 Å². The lowest BCUT2D eigenvalue weighted by molar-refractivity contribution is -0.384. The van der Waals surface area contributed by atoms with Crippen molar-refractivity contribution in [3.05, 3.63) is 81.9 Å². The standard InChI is InChI=1S/C22H23N3O4/c26-21(11-8-17-6-9-20(10-7-17)25(28)29)24-14-12-19(13-15-24)22(27)23-16-18-4-2-1-3-5-18/h1-11,19H,12-16H2,(H,23,27)/b11-8+. The van der Waals surface area contributed by atoms with Crippen LogP contribution in [0, 0.1) is 16.0 Å². The Morgan fingerprint density at radius 1 is 1.07 bits per heavy atom. The normalized spacial score (nSPS) is 14.7. The van der Waals surface area contributed by atoms with Gasteiger partial charge in [0.25, 0.3) is 5.69 Å². The van der Waals surface area contributed by atoms with Crippen LogP contribution in [0.5, 0.6) is 0 Å². The van der Waals surface area contributed by atoms with Crippen molar-refractivity contribution >= 4 is 23.6 Å². The second-order valence-electron chi connectivity index (χ2n) is 6.98. The average Bonchev–Trinajstić information content (AvgIpc) is 2.77. The van der Waals surface area contributed by atoms with Crippen LogP contribution in [0.4, 0.5) is 5.69 Å². The molecule has 0 aromatic heterocycles. The Morgan fingerprint density at radius 3 is 2.34 bits per heavy atom. The summed E-state index contributed by atoms with van der Waals surface area (Å²) in [5.41, 5.74) is 1.80. The number of carbonyl (C=O) groups is 2. The van der Waals surface area contributed by atoms with E-state index in [9.17, 15) is 19.7 Å². The summed E-state index contributed by atoms with van der Waals surface area (Å²) in [5, 5.41) is 13.6. The van der Waals surface area contributed by atoms with Crippen LogP contribution in [0.3, 0.4) is 0 Å². The molecule has 0 unspecified atom stereocenters. The van der Waals surface area contributed by atoms with Gasteiger partial charge in [0.05, 0.1) is 4.92 Å². The molecule has 0 aliphatic carbocycles. The molecule has 0 radical (unpaired) electrons. The number of nitro groups is 1. The maximum Gasteiger partial charge on any atom is 0.269 e. The van der Waals surface area contributed by atoms with Gasteiger partial charge in [-0.3, -0.25) is 19.7 Å². The smallest absolute Gasteiger partial charge is 0.269 e. The fraction of sp³-hybridized carbons (Fsp3) is 0.273. The average molecular weight is 393 g/mol. The molecule has 0 saturated carbocycles. The minimum absolute atomic E-state index is 0.0149. The SMILES string of the molecule is O=C(NCc1ccccc1)C1CCN(C(=O)/C=C/c2ccc([N+](=O)[O-])cc2)CC1. The zero-order valence-electron chi connectivity index (χ0n) is 16.0. The lowest BCUT2D eigenvalue weighted by atomic mass is 9.95. The Kier molecular flexibility index (Phi) is 6.73. The van der Waals surface area contributed by atoms with E-state index in [0.29, 0.717) is 32.5 Å². The number of nitrogens with zero attached hydrogens (tertiary/aromatic N) is 2. The van der Waals surface area contributed by atoms with E-state index >= 15 is 0 Å². The summed E-state index contributed by atoms with van der Waals surface area (Å²) in [4.78, 5) is 36.7. The first-order chi connectivity index (χ1) is 14.0. The highest BCUT2D eigenvalue weighted by atomic mass is 16.6. The van der Waals surface area contributed by atoms with Crippen LogP contribution in [-0.2, 0) is 16.1 Å². The van der Waals surface area contributed by atoms with Gasteiger partial charge in [-0.15, -0.1) is 0 Å². The highest BCUT2D eigenvalue weighted by molar-refractivity contribution is 5.92. The molecule has 7 nitrogen and oxygen atoms in total. The van der Waals surface area contributed by atoms with Crippen molar-refractivity contribution in [3.63, 3.8) is 0 Å². The summed E-state index contributed by atoms with van der Waals surface area (Å²) >= 11 is 0. The van der Waals surface area contributed by atoms with Crippen molar-refractivity contribution in [2.45, 2.75) is 19.4 Å². The second kappa shape index (κ2) is 9.64. The van der Waals surface area contributed by atoms with E-state index in [-0.39, 0.29) is 23.4 Å². The largest absolute Gasteiger partial charge is 0.352 e. The molecule has 1 aliphatic rings. The first kappa shape index (κ1) is 20.3. The van der Waals surface area contributed by atoms with Gasteiger partial charge >= 0.3 is 0 Å². The fourth-order valence-electron chi connectivity index (χ4n) is 3.27. The summed E-state index contributed by atoms with van der Waals surface area (Å²) in [6.45, 7) is 1.58. The zero-order valence-corrected chi connectivity index (χ0v) is 16.0. The van der Waals surface area contributed by atoms with Crippen LogP contribution in [-0.4, -0.2) is 34.7 Å². The summed E-state index contributed by atoms with van der Waals surface area (Å²) in [6.07, 6.45) is 4.39. The Bertz CT molecular complexity index is 886. The van der Waals surface area contributed by atoms with Gasteiger partial charge in [-0.05, 0) is 42.2 Å². The van der Waals surface area contributed by atoms with E-state index in [0.717, 1.165) is 11.1 Å². The Labute approximate surface area is 169 Å². The van der Waals surface area contributed by atoms with Gasteiger partial charge in [-0.2, -0.15) is 0 Å². The molecule has 29 heavy (non-hydrogen) atoms. The van der Waals surface area contributed by atoms with Crippen LogP contribution in [0.2, 0.25) is 0 Å². The predicted molar refractivity (Wildman–Crippen MR) is 110 cm³/mol. The van der Waals surface area contributed by atoms with Crippen molar-refractivity contribution in [2.24, 2.45) is 5.92 Å². The molecule has 2 aromatic rings. The first-order valence-electron chi connectivity index (χ1n) is 9.56. The molecule has 1 fully saturated rings. The number of rotatable bonds is 6. The molecule has 3 rings (SSSR count). The molecule has 1 N–H and O–H groups in total. The molecule has 2 amide bonds. The molecular formula is C22H23N3O4. The van der Waals surface area contributed by atoms with Gasteiger partial charge in [0.2, 0.25) is 11.8 Å². The molecule has 2 aromatic carbocycles. The molecule has 0 bridgehead atoms. The van der Waals surface area contributed by atoms with E-state index in [2.05, 4.69) is 5.32 Å². The predicted octanol–water partition coefficient (Wildman–Crippen LogP) is 3.16. The monoisotopic (exact) mass is 393 g/mol. The van der Waals surface area contributed by atoms with E-state index in [4.69, 9.17) is 0 Å². The fourth-order valence-corrected chi connectivity index (χ4v) is 3.27. The van der Waals surface area contributed by atoms with Crippen molar-refractivity contribution < 1.29 is 14.5 Å². The number of non-ortho nitro benzene ring substituents is 1. The van der Waals surface area contributed by atoms with Gasteiger partial charge in [-0.1, -0.05) is 30.3 Å². The Hall–Kier alpha value is -3.48. The van der Waals surface area contributed by atoms with Gasteiger partial charge in [0, 0.05) is 43.8 Å². The number of nitrogens with one attached hydrogen (secondary N) is 1. The number of piperidine rings is 1. The first-order valence-corrected chi connectivity index (χ1v) is 9.56. The maximum atomic E-state index is 12.4. The van der Waals surface area contributed by atoms with E-state index < -0.39 is 4.92 Å². The molecular weight excluding hydrogens is 370 g/mol. The lowest BCUT2D eigenvalue weighted by Gasteiger charge is -2.30. The second-order valence-corrected chi connectivity index (χ2v) is 6.98. The molecule has 150 valence electrons. The van der Waals surface area contributed by atoms with Crippen LogP contribution in [0.1, 0.15) is 24.0 Å². The molecule has 1 saturated heterocycles. The molecule has 1 heterocycles. The van der Waals surface area contributed by atoms with Gasteiger partial charge in [0.15, 0.2) is 0 Å². The number of amides is 2.